The van der Waals surface area contributed by atoms with Crippen molar-refractivity contribution in [3.05, 3.63) is 59.3 Å². The van der Waals surface area contributed by atoms with Crippen molar-refractivity contribution >= 4 is 5.65 Å². The zero-order chi connectivity index (χ0) is 15.8. The monoisotopic (exact) mass is 307 g/mol. The summed E-state index contributed by atoms with van der Waals surface area (Å²) in [6, 6.07) is 8.64. The fourth-order valence-corrected chi connectivity index (χ4v) is 3.57. The van der Waals surface area contributed by atoms with Crippen LogP contribution < -0.4 is 0 Å². The predicted octanol–water partition coefficient (Wildman–Crippen LogP) is 3.08. The van der Waals surface area contributed by atoms with E-state index in [0.29, 0.717) is 6.04 Å². The lowest BCUT2D eigenvalue weighted by atomic mass is 10.1. The minimum absolute atomic E-state index is 0.400. The van der Waals surface area contributed by atoms with Crippen LogP contribution in [0.15, 0.2) is 36.7 Å². The summed E-state index contributed by atoms with van der Waals surface area (Å²) >= 11 is 0. The Hall–Kier alpha value is -2.27. The molecule has 3 aromatic rings. The number of likely N-dealkylation sites (tertiary alicyclic amines) is 1. The molecular formula is C18H21N5. The molecule has 1 aliphatic heterocycles. The van der Waals surface area contributed by atoms with Crippen LogP contribution in [0.4, 0.5) is 0 Å². The van der Waals surface area contributed by atoms with E-state index < -0.39 is 0 Å². The van der Waals surface area contributed by atoms with Crippen LogP contribution >= 0.6 is 0 Å². The summed E-state index contributed by atoms with van der Waals surface area (Å²) in [6.07, 6.45) is 6.23. The van der Waals surface area contributed by atoms with Crippen LogP contribution in [0.2, 0.25) is 0 Å². The van der Waals surface area contributed by atoms with Crippen molar-refractivity contribution in [1.29, 1.82) is 0 Å². The molecule has 0 amide bonds. The van der Waals surface area contributed by atoms with Gasteiger partial charge in [-0.2, -0.15) is 5.10 Å². The highest BCUT2D eigenvalue weighted by molar-refractivity contribution is 5.48. The summed E-state index contributed by atoms with van der Waals surface area (Å²) < 4.78 is 1.94. The number of hydrogen-bond donors (Lipinski definition) is 0. The number of fused-ring (bicyclic) bond motifs is 1. The van der Waals surface area contributed by atoms with Gasteiger partial charge in [-0.1, -0.05) is 6.07 Å². The summed E-state index contributed by atoms with van der Waals surface area (Å²) in [6.45, 7) is 6.09. The van der Waals surface area contributed by atoms with Gasteiger partial charge in [-0.25, -0.2) is 9.50 Å². The molecule has 0 N–H and O–H groups in total. The van der Waals surface area contributed by atoms with Gasteiger partial charge in [0.2, 0.25) is 0 Å². The maximum atomic E-state index is 4.69. The maximum absolute atomic E-state index is 4.69. The SMILES string of the molecule is Cc1cc(C)n2ncc(CN3CCC[C@H]3c3ccccn3)c2n1. The molecular weight excluding hydrogens is 286 g/mol. The number of hydrogen-bond acceptors (Lipinski definition) is 4. The molecule has 0 spiro atoms. The third-order valence-electron chi connectivity index (χ3n) is 4.62. The van der Waals surface area contributed by atoms with Gasteiger partial charge in [0.1, 0.15) is 0 Å². The largest absolute Gasteiger partial charge is 0.290 e. The number of aryl methyl sites for hydroxylation is 2. The molecule has 5 heteroatoms. The first kappa shape index (κ1) is 14.3. The minimum Gasteiger partial charge on any atom is -0.290 e. The lowest BCUT2D eigenvalue weighted by Crippen LogP contribution is -2.23. The van der Waals surface area contributed by atoms with E-state index in [2.05, 4.69) is 40.1 Å². The van der Waals surface area contributed by atoms with E-state index in [9.17, 15) is 0 Å². The molecule has 23 heavy (non-hydrogen) atoms. The molecule has 0 unspecified atom stereocenters. The zero-order valence-electron chi connectivity index (χ0n) is 13.6. The predicted molar refractivity (Wildman–Crippen MR) is 89.1 cm³/mol. The van der Waals surface area contributed by atoms with Crippen LogP contribution in [0.25, 0.3) is 5.65 Å². The van der Waals surface area contributed by atoms with Crippen molar-refractivity contribution in [3.8, 4) is 0 Å². The quantitative estimate of drug-likeness (QED) is 0.746. The average Bonchev–Trinajstić information content (AvgIpc) is 3.16. The van der Waals surface area contributed by atoms with E-state index >= 15 is 0 Å². The van der Waals surface area contributed by atoms with Gasteiger partial charge < -0.3 is 0 Å². The minimum atomic E-state index is 0.400. The Morgan fingerprint density at radius 2 is 2.17 bits per heavy atom. The molecule has 1 aliphatic rings. The first-order chi connectivity index (χ1) is 11.2. The van der Waals surface area contributed by atoms with Gasteiger partial charge in [0.05, 0.1) is 17.9 Å². The fraction of sp³-hybridized carbons (Fsp3) is 0.389. The van der Waals surface area contributed by atoms with Crippen LogP contribution in [-0.2, 0) is 6.54 Å². The summed E-state index contributed by atoms with van der Waals surface area (Å²) in [4.78, 5) is 11.7. The third kappa shape index (κ3) is 2.61. The van der Waals surface area contributed by atoms with Crippen molar-refractivity contribution in [3.63, 3.8) is 0 Å². The second kappa shape index (κ2) is 5.74. The first-order valence-corrected chi connectivity index (χ1v) is 8.18. The number of rotatable bonds is 3. The van der Waals surface area contributed by atoms with E-state index in [4.69, 9.17) is 4.98 Å². The Morgan fingerprint density at radius 1 is 1.26 bits per heavy atom. The molecule has 0 aliphatic carbocycles. The van der Waals surface area contributed by atoms with E-state index in [1.165, 1.54) is 24.1 Å². The number of nitrogens with zero attached hydrogens (tertiary/aromatic N) is 5. The molecule has 3 aromatic heterocycles. The normalized spacial score (nSPS) is 18.8. The molecule has 0 bridgehead atoms. The fourth-order valence-electron chi connectivity index (χ4n) is 3.57. The Labute approximate surface area is 136 Å². The molecule has 1 fully saturated rings. The van der Waals surface area contributed by atoms with Crippen LogP contribution in [0.1, 0.15) is 41.5 Å². The van der Waals surface area contributed by atoms with Gasteiger partial charge in [0.25, 0.3) is 0 Å². The Balaban J connectivity index is 1.65. The van der Waals surface area contributed by atoms with Gasteiger partial charge in [-0.15, -0.1) is 0 Å². The van der Waals surface area contributed by atoms with Crippen molar-refractivity contribution in [2.45, 2.75) is 39.3 Å². The molecule has 1 saturated heterocycles. The van der Waals surface area contributed by atoms with E-state index in [1.54, 1.807) is 0 Å². The molecule has 1 atom stereocenters. The molecule has 4 rings (SSSR count). The molecule has 4 heterocycles. The van der Waals surface area contributed by atoms with Gasteiger partial charge in [0.15, 0.2) is 5.65 Å². The standard InChI is InChI=1S/C18H21N5/c1-13-10-14(2)23-18(21-13)15(11-20-23)12-22-9-5-7-17(22)16-6-3-4-8-19-16/h3-4,6,8,10-11,17H,5,7,9,12H2,1-2H3/t17-/m0/s1. The highest BCUT2D eigenvalue weighted by Gasteiger charge is 2.27. The average molecular weight is 307 g/mol. The number of pyridine rings is 1. The molecule has 0 aromatic carbocycles. The van der Waals surface area contributed by atoms with Gasteiger partial charge in [-0.05, 0) is 51.4 Å². The van der Waals surface area contributed by atoms with Crippen LogP contribution in [0.5, 0.6) is 0 Å². The van der Waals surface area contributed by atoms with E-state index in [0.717, 1.165) is 30.1 Å². The van der Waals surface area contributed by atoms with Crippen LogP contribution in [0, 0.1) is 13.8 Å². The maximum Gasteiger partial charge on any atom is 0.159 e. The van der Waals surface area contributed by atoms with Crippen LogP contribution in [0.3, 0.4) is 0 Å². The highest BCUT2D eigenvalue weighted by atomic mass is 15.3. The highest BCUT2D eigenvalue weighted by Crippen LogP contribution is 2.32. The molecule has 0 saturated carbocycles. The molecule has 0 radical (unpaired) electrons. The van der Waals surface area contributed by atoms with Crippen molar-refractivity contribution in [1.82, 2.24) is 24.5 Å². The summed E-state index contributed by atoms with van der Waals surface area (Å²) in [5, 5.41) is 4.51. The molecule has 5 nitrogen and oxygen atoms in total. The second-order valence-electron chi connectivity index (χ2n) is 6.33. The van der Waals surface area contributed by atoms with Gasteiger partial charge in [-0.3, -0.25) is 9.88 Å². The summed E-state index contributed by atoms with van der Waals surface area (Å²) in [5.74, 6) is 0. The van der Waals surface area contributed by atoms with Crippen molar-refractivity contribution in [2.75, 3.05) is 6.54 Å². The van der Waals surface area contributed by atoms with E-state index in [1.807, 2.05) is 29.9 Å². The van der Waals surface area contributed by atoms with Crippen LogP contribution in [-0.4, -0.2) is 31.0 Å². The second-order valence-corrected chi connectivity index (χ2v) is 6.33. The summed E-state index contributed by atoms with van der Waals surface area (Å²) in [5.41, 5.74) is 5.51. The number of aromatic nitrogens is 4. The smallest absolute Gasteiger partial charge is 0.159 e. The van der Waals surface area contributed by atoms with Crippen molar-refractivity contribution in [2.24, 2.45) is 0 Å². The first-order valence-electron chi connectivity index (χ1n) is 8.18. The lowest BCUT2D eigenvalue weighted by molar-refractivity contribution is 0.245. The Kier molecular flexibility index (Phi) is 3.58. The Morgan fingerprint density at radius 3 is 3.00 bits per heavy atom. The lowest BCUT2D eigenvalue weighted by Gasteiger charge is -2.23. The van der Waals surface area contributed by atoms with Crippen molar-refractivity contribution < 1.29 is 0 Å². The zero-order valence-corrected chi connectivity index (χ0v) is 13.6. The molecule has 118 valence electrons. The van der Waals surface area contributed by atoms with E-state index in [-0.39, 0.29) is 0 Å². The topological polar surface area (TPSA) is 46.3 Å². The van der Waals surface area contributed by atoms with Gasteiger partial charge >= 0.3 is 0 Å². The summed E-state index contributed by atoms with van der Waals surface area (Å²) in [7, 11) is 0. The Bertz CT molecular complexity index is 824. The van der Waals surface area contributed by atoms with Gasteiger partial charge in [0, 0.05) is 29.7 Å². The third-order valence-corrected chi connectivity index (χ3v) is 4.62.